The van der Waals surface area contributed by atoms with Gasteiger partial charge in [-0.1, -0.05) is 11.6 Å². The van der Waals surface area contributed by atoms with Gasteiger partial charge in [0.1, 0.15) is 0 Å². The first-order valence-electron chi connectivity index (χ1n) is 4.10. The van der Waals surface area contributed by atoms with Crippen LogP contribution in [0, 0.1) is 5.95 Å². The Hall–Kier alpha value is -0.940. The highest BCUT2D eigenvalue weighted by Crippen LogP contribution is 2.31. The molecule has 1 unspecified atom stereocenters. The standard InChI is InChI=1S/C9H6BrClFN3/c10-6-4-7(8(12)13-5-6)9(11)14-2-1-3-15-9/h1-5,14H. The molecule has 3 nitrogen and oxygen atoms in total. The Balaban J connectivity index is 2.48. The highest BCUT2D eigenvalue weighted by molar-refractivity contribution is 9.10. The summed E-state index contributed by atoms with van der Waals surface area (Å²) in [7, 11) is 0. The molecule has 0 saturated carbocycles. The molecule has 1 aromatic heterocycles. The number of hydrogen-bond donors (Lipinski definition) is 1. The molecular weight excluding hydrogens is 284 g/mol. The molecule has 1 aliphatic rings. The summed E-state index contributed by atoms with van der Waals surface area (Å²) in [5, 5.41) is 1.46. The zero-order valence-corrected chi connectivity index (χ0v) is 9.76. The van der Waals surface area contributed by atoms with Crippen LogP contribution in [-0.4, -0.2) is 11.2 Å². The van der Waals surface area contributed by atoms with E-state index >= 15 is 0 Å². The molecule has 6 heteroatoms. The minimum atomic E-state index is -1.31. The molecule has 1 N–H and O–H groups in total. The van der Waals surface area contributed by atoms with E-state index in [-0.39, 0.29) is 5.56 Å². The number of halogens is 3. The molecule has 0 bridgehead atoms. The summed E-state index contributed by atoms with van der Waals surface area (Å²) in [6.45, 7) is 0. The summed E-state index contributed by atoms with van der Waals surface area (Å²) in [4.78, 5) is 7.54. The number of rotatable bonds is 1. The lowest BCUT2D eigenvalue weighted by atomic mass is 10.2. The predicted molar refractivity (Wildman–Crippen MR) is 60.2 cm³/mol. The molecule has 0 amide bonds. The van der Waals surface area contributed by atoms with Gasteiger partial charge in [0, 0.05) is 23.1 Å². The average molecular weight is 291 g/mol. The third-order valence-electron chi connectivity index (χ3n) is 1.87. The van der Waals surface area contributed by atoms with Crippen molar-refractivity contribution in [1.29, 1.82) is 0 Å². The number of hydrogen-bond acceptors (Lipinski definition) is 3. The van der Waals surface area contributed by atoms with Crippen molar-refractivity contribution in [3.63, 3.8) is 0 Å². The highest BCUT2D eigenvalue weighted by atomic mass is 79.9. The molecule has 0 aliphatic carbocycles. The van der Waals surface area contributed by atoms with Crippen LogP contribution in [0.25, 0.3) is 0 Å². The van der Waals surface area contributed by atoms with Crippen molar-refractivity contribution in [2.45, 2.75) is 5.12 Å². The van der Waals surface area contributed by atoms with Crippen molar-refractivity contribution < 1.29 is 4.39 Å². The number of alkyl halides is 1. The summed E-state index contributed by atoms with van der Waals surface area (Å²) in [5.74, 6) is -0.645. The van der Waals surface area contributed by atoms with Crippen LogP contribution in [0.5, 0.6) is 0 Å². The summed E-state index contributed by atoms with van der Waals surface area (Å²) >= 11 is 9.32. The fourth-order valence-electron chi connectivity index (χ4n) is 1.19. The predicted octanol–water partition coefficient (Wildman–Crippen LogP) is 2.52. The fourth-order valence-corrected chi connectivity index (χ4v) is 1.77. The third-order valence-corrected chi connectivity index (χ3v) is 2.72. The van der Waals surface area contributed by atoms with Gasteiger partial charge >= 0.3 is 0 Å². The van der Waals surface area contributed by atoms with Gasteiger partial charge in [0.2, 0.25) is 11.1 Å². The number of aliphatic imine (C=N–C) groups is 1. The maximum absolute atomic E-state index is 13.4. The summed E-state index contributed by atoms with van der Waals surface area (Å²) in [6, 6.07) is 1.54. The molecule has 2 heterocycles. The van der Waals surface area contributed by atoms with Gasteiger partial charge in [-0.2, -0.15) is 4.39 Å². The lowest BCUT2D eigenvalue weighted by Gasteiger charge is -2.25. The molecule has 0 radical (unpaired) electrons. The van der Waals surface area contributed by atoms with E-state index in [9.17, 15) is 4.39 Å². The molecule has 0 saturated heterocycles. The molecule has 1 atom stereocenters. The van der Waals surface area contributed by atoms with E-state index in [0.29, 0.717) is 4.47 Å². The summed E-state index contributed by atoms with van der Waals surface area (Å²) in [6.07, 6.45) is 6.13. The van der Waals surface area contributed by atoms with Crippen LogP contribution in [0.15, 0.2) is 34.0 Å². The molecule has 1 aromatic rings. The van der Waals surface area contributed by atoms with E-state index in [4.69, 9.17) is 11.6 Å². The number of allylic oxidation sites excluding steroid dienone is 1. The summed E-state index contributed by atoms with van der Waals surface area (Å²) in [5.41, 5.74) is 0.180. The lowest BCUT2D eigenvalue weighted by molar-refractivity contribution is 0.496. The van der Waals surface area contributed by atoms with Crippen LogP contribution in [0.4, 0.5) is 4.39 Å². The number of nitrogens with one attached hydrogen (secondary N) is 1. The molecule has 1 aliphatic heterocycles. The van der Waals surface area contributed by atoms with Gasteiger partial charge in [0.15, 0.2) is 0 Å². The van der Waals surface area contributed by atoms with Crippen LogP contribution in [0.1, 0.15) is 5.56 Å². The van der Waals surface area contributed by atoms with Gasteiger partial charge in [-0.05, 0) is 28.1 Å². The Bertz CT molecular complexity index is 449. The average Bonchev–Trinajstić information content (AvgIpc) is 2.23. The third kappa shape index (κ3) is 2.03. The molecule has 78 valence electrons. The van der Waals surface area contributed by atoms with E-state index in [1.54, 1.807) is 18.3 Å². The van der Waals surface area contributed by atoms with Crippen LogP contribution in [-0.2, 0) is 5.12 Å². The second-order valence-corrected chi connectivity index (χ2v) is 4.36. The van der Waals surface area contributed by atoms with E-state index in [1.165, 1.54) is 12.4 Å². The van der Waals surface area contributed by atoms with Gasteiger partial charge in [-0.25, -0.2) is 9.98 Å². The van der Waals surface area contributed by atoms with E-state index in [0.717, 1.165) is 0 Å². The molecule has 0 spiro atoms. The second kappa shape index (κ2) is 3.90. The number of nitrogens with zero attached hydrogens (tertiary/aromatic N) is 2. The zero-order valence-electron chi connectivity index (χ0n) is 7.42. The topological polar surface area (TPSA) is 37.3 Å². The minimum absolute atomic E-state index is 0.180. The second-order valence-electron chi connectivity index (χ2n) is 2.90. The van der Waals surface area contributed by atoms with Crippen molar-refractivity contribution in [1.82, 2.24) is 10.3 Å². The quantitative estimate of drug-likeness (QED) is 0.490. The highest BCUT2D eigenvalue weighted by Gasteiger charge is 2.32. The molecule has 2 rings (SSSR count). The SMILES string of the molecule is Fc1ncc(Br)cc1C1(Cl)N=CC=CN1. The van der Waals surface area contributed by atoms with E-state index in [1.807, 2.05) is 0 Å². The molecular formula is C9H6BrClFN3. The fraction of sp³-hybridized carbons (Fsp3) is 0.111. The number of aromatic nitrogens is 1. The van der Waals surface area contributed by atoms with Crippen molar-refractivity contribution in [3.05, 3.63) is 40.5 Å². The molecule has 0 aromatic carbocycles. The minimum Gasteiger partial charge on any atom is -0.351 e. The molecule has 0 fully saturated rings. The van der Waals surface area contributed by atoms with Crippen LogP contribution in [0.3, 0.4) is 0 Å². The van der Waals surface area contributed by atoms with Gasteiger partial charge in [-0.15, -0.1) is 0 Å². The van der Waals surface area contributed by atoms with Crippen LogP contribution >= 0.6 is 27.5 Å². The Kier molecular flexibility index (Phi) is 2.75. The van der Waals surface area contributed by atoms with Gasteiger partial charge in [0.05, 0.1) is 5.56 Å². The van der Waals surface area contributed by atoms with Crippen LogP contribution < -0.4 is 5.32 Å². The Labute approximate surface area is 99.2 Å². The van der Waals surface area contributed by atoms with Crippen molar-refractivity contribution in [3.8, 4) is 0 Å². The maximum atomic E-state index is 13.4. The van der Waals surface area contributed by atoms with Crippen LogP contribution in [0.2, 0.25) is 0 Å². The normalized spacial score (nSPS) is 23.9. The monoisotopic (exact) mass is 289 g/mol. The van der Waals surface area contributed by atoms with Gasteiger partial charge in [-0.3, -0.25) is 0 Å². The number of pyridine rings is 1. The Morgan fingerprint density at radius 2 is 2.33 bits per heavy atom. The van der Waals surface area contributed by atoms with Crippen molar-refractivity contribution in [2.24, 2.45) is 4.99 Å². The van der Waals surface area contributed by atoms with E-state index in [2.05, 4.69) is 31.2 Å². The van der Waals surface area contributed by atoms with Crippen molar-refractivity contribution in [2.75, 3.05) is 0 Å². The maximum Gasteiger partial charge on any atom is 0.236 e. The first-order chi connectivity index (χ1) is 7.12. The smallest absolute Gasteiger partial charge is 0.236 e. The Morgan fingerprint density at radius 3 is 3.00 bits per heavy atom. The molecule has 15 heavy (non-hydrogen) atoms. The lowest BCUT2D eigenvalue weighted by Crippen LogP contribution is -2.34. The first-order valence-corrected chi connectivity index (χ1v) is 5.27. The van der Waals surface area contributed by atoms with E-state index < -0.39 is 11.1 Å². The first kappa shape index (κ1) is 10.6. The van der Waals surface area contributed by atoms with Gasteiger partial charge < -0.3 is 5.32 Å². The van der Waals surface area contributed by atoms with Gasteiger partial charge in [0.25, 0.3) is 0 Å². The largest absolute Gasteiger partial charge is 0.351 e. The Morgan fingerprint density at radius 1 is 1.53 bits per heavy atom. The summed E-state index contributed by atoms with van der Waals surface area (Å²) < 4.78 is 14.1. The zero-order chi connectivity index (χ0) is 10.9. The van der Waals surface area contributed by atoms with Crippen molar-refractivity contribution >= 4 is 33.7 Å².